The van der Waals surface area contributed by atoms with Crippen LogP contribution in [0, 0.1) is 0 Å². The Kier molecular flexibility index (Phi) is 48.0. The van der Waals surface area contributed by atoms with E-state index in [1.165, 1.54) is 238 Å². The predicted molar refractivity (Wildman–Crippen MR) is 238 cm³/mol. The predicted octanol–water partition coefficient (Wildman–Crippen LogP) is 17.0. The number of carbonyl (C=O) groups excluding carboxylic acids is 1. The minimum atomic E-state index is -0.583. The van der Waals surface area contributed by atoms with Crippen LogP contribution in [0.3, 0.4) is 0 Å². The molecule has 0 bridgehead atoms. The maximum Gasteiger partial charge on any atom is 0.337 e. The van der Waals surface area contributed by atoms with Crippen molar-refractivity contribution in [1.82, 2.24) is 0 Å². The van der Waals surface area contributed by atoms with E-state index in [4.69, 9.17) is 14.2 Å². The third-order valence-corrected chi connectivity index (χ3v) is 11.5. The van der Waals surface area contributed by atoms with Crippen molar-refractivity contribution in [1.29, 1.82) is 0 Å². The molecule has 0 aromatic heterocycles. The SMILES string of the molecule is CCCCCCCCCCCCCCCCOCC(OCCCCCCCCCCCCCCCC)C(=O)OCCCCCCCCCCCCCCC. The molecule has 0 aliphatic heterocycles. The van der Waals surface area contributed by atoms with E-state index in [9.17, 15) is 4.79 Å². The van der Waals surface area contributed by atoms with Crippen molar-refractivity contribution in [2.75, 3.05) is 26.4 Å². The molecule has 0 fully saturated rings. The highest BCUT2D eigenvalue weighted by molar-refractivity contribution is 5.74. The van der Waals surface area contributed by atoms with E-state index in [0.29, 0.717) is 26.4 Å². The Hall–Kier alpha value is -0.610. The van der Waals surface area contributed by atoms with Crippen molar-refractivity contribution in [3.05, 3.63) is 0 Å². The van der Waals surface area contributed by atoms with Crippen LogP contribution in [0.2, 0.25) is 0 Å². The molecule has 0 saturated carbocycles. The van der Waals surface area contributed by atoms with Gasteiger partial charge in [-0.05, 0) is 19.3 Å². The molecule has 0 aliphatic rings. The van der Waals surface area contributed by atoms with Crippen molar-refractivity contribution in [3.63, 3.8) is 0 Å². The molecule has 0 N–H and O–H groups in total. The maximum absolute atomic E-state index is 13.0. The number of carbonyl (C=O) groups is 1. The maximum atomic E-state index is 13.0. The van der Waals surface area contributed by atoms with Gasteiger partial charge in [0.15, 0.2) is 6.10 Å². The smallest absolute Gasteiger partial charge is 0.337 e. The van der Waals surface area contributed by atoms with Crippen LogP contribution < -0.4 is 0 Å². The van der Waals surface area contributed by atoms with Crippen LogP contribution in [0.25, 0.3) is 0 Å². The fourth-order valence-corrected chi connectivity index (χ4v) is 7.68. The molecule has 0 aromatic rings. The summed E-state index contributed by atoms with van der Waals surface area (Å²) in [4.78, 5) is 13.0. The van der Waals surface area contributed by atoms with Crippen molar-refractivity contribution in [3.8, 4) is 0 Å². The summed E-state index contributed by atoms with van der Waals surface area (Å²) in [5.74, 6) is -0.222. The fourth-order valence-electron chi connectivity index (χ4n) is 7.68. The second kappa shape index (κ2) is 48.5. The average molecular weight is 765 g/mol. The minimum absolute atomic E-state index is 0.222. The van der Waals surface area contributed by atoms with E-state index in [1.807, 2.05) is 0 Å². The molecule has 0 rings (SSSR count). The lowest BCUT2D eigenvalue weighted by Crippen LogP contribution is -2.32. The quantitative estimate of drug-likeness (QED) is 0.0457. The van der Waals surface area contributed by atoms with Crippen molar-refractivity contribution in [2.24, 2.45) is 0 Å². The molecule has 4 heteroatoms. The molecule has 324 valence electrons. The Labute approximate surface area is 340 Å². The molecular formula is C50H100O4. The van der Waals surface area contributed by atoms with Crippen LogP contribution in [0.15, 0.2) is 0 Å². The van der Waals surface area contributed by atoms with Gasteiger partial charge in [-0.15, -0.1) is 0 Å². The molecule has 1 unspecified atom stereocenters. The lowest BCUT2D eigenvalue weighted by atomic mass is 10.0. The molecule has 54 heavy (non-hydrogen) atoms. The first-order valence-electron chi connectivity index (χ1n) is 25.1. The van der Waals surface area contributed by atoms with Gasteiger partial charge in [-0.2, -0.15) is 0 Å². The Morgan fingerprint density at radius 1 is 0.315 bits per heavy atom. The monoisotopic (exact) mass is 765 g/mol. The number of rotatable bonds is 48. The Bertz CT molecular complexity index is 682. The Morgan fingerprint density at radius 2 is 0.556 bits per heavy atom. The van der Waals surface area contributed by atoms with Crippen LogP contribution in [-0.2, 0) is 19.0 Å². The second-order valence-electron chi connectivity index (χ2n) is 17.0. The minimum Gasteiger partial charge on any atom is -0.464 e. The molecule has 0 aliphatic carbocycles. The van der Waals surface area contributed by atoms with Gasteiger partial charge in [-0.3, -0.25) is 0 Å². The zero-order chi connectivity index (χ0) is 39.1. The van der Waals surface area contributed by atoms with Crippen molar-refractivity contribution in [2.45, 2.75) is 290 Å². The van der Waals surface area contributed by atoms with Crippen LogP contribution in [-0.4, -0.2) is 38.5 Å². The molecule has 1 atom stereocenters. The summed E-state index contributed by atoms with van der Waals surface area (Å²) < 4.78 is 17.8. The third kappa shape index (κ3) is 44.1. The van der Waals surface area contributed by atoms with Gasteiger partial charge in [-0.25, -0.2) is 4.79 Å². The van der Waals surface area contributed by atoms with Gasteiger partial charge in [-0.1, -0.05) is 265 Å². The van der Waals surface area contributed by atoms with Crippen LogP contribution in [0.5, 0.6) is 0 Å². The number of hydrogen-bond donors (Lipinski definition) is 0. The van der Waals surface area contributed by atoms with Crippen LogP contribution >= 0.6 is 0 Å². The summed E-state index contributed by atoms with van der Waals surface area (Å²) in [6, 6.07) is 0. The van der Waals surface area contributed by atoms with Crippen molar-refractivity contribution < 1.29 is 19.0 Å². The first kappa shape index (κ1) is 53.4. The molecule has 0 aromatic carbocycles. The zero-order valence-corrected chi connectivity index (χ0v) is 37.5. The molecule has 4 nitrogen and oxygen atoms in total. The van der Waals surface area contributed by atoms with Crippen LogP contribution in [0.1, 0.15) is 284 Å². The highest BCUT2D eigenvalue weighted by Crippen LogP contribution is 2.16. The van der Waals surface area contributed by atoms with Crippen molar-refractivity contribution >= 4 is 5.97 Å². The van der Waals surface area contributed by atoms with E-state index >= 15 is 0 Å². The largest absolute Gasteiger partial charge is 0.464 e. The van der Waals surface area contributed by atoms with Gasteiger partial charge in [0.2, 0.25) is 0 Å². The van der Waals surface area contributed by atoms with E-state index in [1.54, 1.807) is 0 Å². The zero-order valence-electron chi connectivity index (χ0n) is 37.5. The van der Waals surface area contributed by atoms with Gasteiger partial charge >= 0.3 is 5.97 Å². The van der Waals surface area contributed by atoms with E-state index in [-0.39, 0.29) is 5.97 Å². The summed E-state index contributed by atoms with van der Waals surface area (Å²) in [5, 5.41) is 0. The van der Waals surface area contributed by atoms with Crippen LogP contribution in [0.4, 0.5) is 0 Å². The number of unbranched alkanes of at least 4 members (excludes halogenated alkanes) is 38. The third-order valence-electron chi connectivity index (χ3n) is 11.5. The summed E-state index contributed by atoms with van der Waals surface area (Å²) in [6.45, 7) is 9.04. The molecule has 0 spiro atoms. The normalized spacial score (nSPS) is 12.1. The molecule has 0 radical (unpaired) electrons. The summed E-state index contributed by atoms with van der Waals surface area (Å²) in [7, 11) is 0. The van der Waals surface area contributed by atoms with Gasteiger partial charge in [0.05, 0.1) is 13.2 Å². The Morgan fingerprint density at radius 3 is 0.852 bits per heavy atom. The number of ether oxygens (including phenoxy) is 3. The van der Waals surface area contributed by atoms with E-state index < -0.39 is 6.10 Å². The molecule has 0 amide bonds. The first-order chi connectivity index (χ1) is 26.8. The number of hydrogen-bond acceptors (Lipinski definition) is 4. The Balaban J connectivity index is 4.07. The molecule has 0 saturated heterocycles. The highest BCUT2D eigenvalue weighted by Gasteiger charge is 2.21. The lowest BCUT2D eigenvalue weighted by Gasteiger charge is -2.17. The summed E-state index contributed by atoms with van der Waals surface area (Å²) >= 11 is 0. The molecule has 0 heterocycles. The van der Waals surface area contributed by atoms with Gasteiger partial charge < -0.3 is 14.2 Å². The summed E-state index contributed by atoms with van der Waals surface area (Å²) in [6.07, 6.45) is 54.4. The standard InChI is InChI=1S/C50H100O4/c1-4-7-10-13-16-19-22-25-28-30-33-36-39-42-45-52-48-49(53-46-43-40-37-34-31-29-26-23-20-17-14-11-8-5-2)50(51)54-47-44-41-38-35-32-27-24-21-18-15-12-9-6-3/h49H,4-48H2,1-3H3. The fraction of sp³-hybridized carbons (Fsp3) is 0.980. The van der Waals surface area contributed by atoms with E-state index in [2.05, 4.69) is 20.8 Å². The second-order valence-corrected chi connectivity index (χ2v) is 17.0. The topological polar surface area (TPSA) is 44.8 Å². The van der Waals surface area contributed by atoms with Gasteiger partial charge in [0.1, 0.15) is 0 Å². The van der Waals surface area contributed by atoms with Gasteiger partial charge in [0, 0.05) is 13.2 Å². The average Bonchev–Trinajstić information content (AvgIpc) is 3.18. The van der Waals surface area contributed by atoms with Gasteiger partial charge in [0.25, 0.3) is 0 Å². The number of esters is 1. The summed E-state index contributed by atoms with van der Waals surface area (Å²) in [5.41, 5.74) is 0. The highest BCUT2D eigenvalue weighted by atomic mass is 16.6. The lowest BCUT2D eigenvalue weighted by molar-refractivity contribution is -0.161. The first-order valence-corrected chi connectivity index (χ1v) is 25.1. The molecular weight excluding hydrogens is 665 g/mol. The van der Waals surface area contributed by atoms with E-state index in [0.717, 1.165) is 25.7 Å².